The predicted molar refractivity (Wildman–Crippen MR) is 138 cm³/mol. The second kappa shape index (κ2) is 18.0. The number of halogens is 36. The summed E-state index contributed by atoms with van der Waals surface area (Å²) in [4.78, 5) is 0. The Bertz CT molecular complexity index is 1390. The van der Waals surface area contributed by atoms with Gasteiger partial charge in [-0.15, -0.1) is 0 Å². The third-order valence-electron chi connectivity index (χ3n) is 8.13. The van der Waals surface area contributed by atoms with Crippen molar-refractivity contribution in [2.45, 2.75) is 127 Å². The van der Waals surface area contributed by atoms with Gasteiger partial charge in [0.25, 0.3) is 0 Å². The Labute approximate surface area is 344 Å². The molecule has 0 aliphatic heterocycles. The standard InChI is InChI=1S/4C4F9.2C4H9O.O.2Sn/c4*5-1(6)2(7,8)3(9,10)4(11,12)13;2*1-2-3-4-5;;;/h;;;;2*2-4H2,1H3;;;/q;;;;2*-1;;2*+1. The molecule has 0 aromatic rings. The van der Waals surface area contributed by atoms with Gasteiger partial charge in [-0.2, -0.15) is 0 Å². The van der Waals surface area contributed by atoms with Gasteiger partial charge in [0.1, 0.15) is 0 Å². The quantitative estimate of drug-likeness (QED) is 0.0614. The summed E-state index contributed by atoms with van der Waals surface area (Å²) >= 11 is -27.8. The van der Waals surface area contributed by atoms with Crippen molar-refractivity contribution in [1.82, 2.24) is 0 Å². The molecule has 0 aromatic carbocycles. The molecule has 0 saturated heterocycles. The van der Waals surface area contributed by atoms with Gasteiger partial charge in [-0.25, -0.2) is 0 Å². The molecule has 0 spiro atoms. The molecule has 0 aliphatic rings. The van der Waals surface area contributed by atoms with Crippen LogP contribution in [0.1, 0.15) is 39.5 Å². The van der Waals surface area contributed by atoms with Gasteiger partial charge in [0.15, 0.2) is 0 Å². The van der Waals surface area contributed by atoms with Crippen LogP contribution in [0, 0.1) is 0 Å². The number of rotatable bonds is 22. The topological polar surface area (TPSA) is 27.7 Å². The molecule has 392 valence electrons. The van der Waals surface area contributed by atoms with Crippen LogP contribution in [0.25, 0.3) is 0 Å². The van der Waals surface area contributed by atoms with Gasteiger partial charge < -0.3 is 0 Å². The summed E-state index contributed by atoms with van der Waals surface area (Å²) in [6, 6.07) is 0. The van der Waals surface area contributed by atoms with Crippen LogP contribution in [-0.4, -0.2) is 139 Å². The normalized spacial score (nSPS) is 16.7. The summed E-state index contributed by atoms with van der Waals surface area (Å²) in [5.74, 6) is -77.0. The molecule has 0 amide bonds. The van der Waals surface area contributed by atoms with E-state index in [0.717, 1.165) is 0 Å². The van der Waals surface area contributed by atoms with Crippen molar-refractivity contribution in [2.24, 2.45) is 0 Å². The maximum absolute atomic E-state index is 16.1. The fourth-order valence-electron chi connectivity index (χ4n) is 4.32. The van der Waals surface area contributed by atoms with Crippen molar-refractivity contribution in [2.75, 3.05) is 13.2 Å². The van der Waals surface area contributed by atoms with Crippen molar-refractivity contribution < 1.29 is 166 Å². The van der Waals surface area contributed by atoms with Crippen molar-refractivity contribution >= 4 is 38.4 Å². The van der Waals surface area contributed by atoms with E-state index in [4.69, 9.17) is 0 Å². The monoisotopic (exact) mass is 1280 g/mol. The number of alkyl halides is 36. The first-order valence-electron chi connectivity index (χ1n) is 15.6. The number of hydrogen-bond donors (Lipinski definition) is 0. The Morgan fingerprint density at radius 1 is 0.262 bits per heavy atom. The zero-order valence-electron chi connectivity index (χ0n) is 30.1. The number of hydrogen-bond acceptors (Lipinski definition) is 3. The summed E-state index contributed by atoms with van der Waals surface area (Å²) in [6.07, 6.45) is -42.4. The Kier molecular flexibility index (Phi) is 17.7. The van der Waals surface area contributed by atoms with E-state index in [1.165, 1.54) is 0 Å². The van der Waals surface area contributed by atoms with Crippen LogP contribution in [-0.2, 0) is 7.56 Å². The Balaban J connectivity index is 10.7. The molecule has 0 aliphatic carbocycles. The van der Waals surface area contributed by atoms with E-state index in [1.807, 2.05) is 1.41 Å². The summed E-state index contributed by atoms with van der Waals surface area (Å²) in [7, 11) is 0. The fourth-order valence-corrected chi connectivity index (χ4v) is 40.4. The van der Waals surface area contributed by atoms with Crippen molar-refractivity contribution in [3.8, 4) is 0 Å². The maximum atomic E-state index is 16.1. The third-order valence-corrected chi connectivity index (χ3v) is 37.3. The minimum absolute atomic E-state index is 0.301. The molecule has 41 heteroatoms. The summed E-state index contributed by atoms with van der Waals surface area (Å²) in [5.41, 5.74) is 0. The molecule has 0 unspecified atom stereocenters. The van der Waals surface area contributed by atoms with Crippen molar-refractivity contribution in [3.05, 3.63) is 0 Å². The molecule has 65 heavy (non-hydrogen) atoms. The van der Waals surface area contributed by atoms with Crippen LogP contribution in [0.5, 0.6) is 0 Å². The molecule has 0 radical (unpaired) electrons. The molecule has 0 rings (SSSR count). The average molecular weight is 1280 g/mol. The third kappa shape index (κ3) is 9.03. The van der Waals surface area contributed by atoms with Crippen LogP contribution in [0.15, 0.2) is 0 Å². The van der Waals surface area contributed by atoms with Crippen LogP contribution in [0.4, 0.5) is 158 Å². The first-order chi connectivity index (χ1) is 27.8. The van der Waals surface area contributed by atoms with Gasteiger partial charge in [0.2, 0.25) is 0 Å². The zero-order valence-corrected chi connectivity index (χ0v) is 35.8. The fraction of sp³-hybridized carbons (Fsp3) is 1.00. The van der Waals surface area contributed by atoms with E-state index in [0.29, 0.717) is 13.8 Å². The Hall–Kier alpha value is -1.04. The van der Waals surface area contributed by atoms with Gasteiger partial charge in [-0.3, -0.25) is 0 Å². The van der Waals surface area contributed by atoms with Gasteiger partial charge in [-0.1, -0.05) is 0 Å². The van der Waals surface area contributed by atoms with Crippen LogP contribution in [0.3, 0.4) is 0 Å². The first kappa shape index (κ1) is 64.0. The second-order valence-corrected chi connectivity index (χ2v) is 33.0. The molecular formula is C24H18F36O3Sn2. The molecule has 0 atom stereocenters. The Morgan fingerprint density at radius 2 is 0.415 bits per heavy atom. The molecule has 0 N–H and O–H groups in total. The van der Waals surface area contributed by atoms with Gasteiger partial charge in [-0.05, 0) is 0 Å². The van der Waals surface area contributed by atoms with Crippen LogP contribution in [0.2, 0.25) is 0 Å². The van der Waals surface area contributed by atoms with E-state index >= 15 is 70.2 Å². The SMILES string of the molecule is CCCC[O][Sn]([O][Sn]([O]CCCC)([C](F)(F)C(F)(F)C(F)(F)C(F)(F)F)[C](F)(F)C(F)(F)C(F)(F)C(F)(F)F)([C](F)(F)C(F)(F)C(F)(F)C(F)(F)F)[C](F)(F)C(F)(F)C(F)(F)C(F)(F)F. The van der Waals surface area contributed by atoms with E-state index in [9.17, 15) is 87.8 Å². The van der Waals surface area contributed by atoms with Gasteiger partial charge in [0.05, 0.1) is 0 Å². The molecule has 3 nitrogen and oxygen atoms in total. The van der Waals surface area contributed by atoms with E-state index < -0.39 is 165 Å². The van der Waals surface area contributed by atoms with E-state index in [2.05, 4.69) is 6.15 Å². The first-order valence-corrected chi connectivity index (χ1v) is 26.0. The van der Waals surface area contributed by atoms with Gasteiger partial charge >= 0.3 is 345 Å². The molecule has 0 saturated carbocycles. The van der Waals surface area contributed by atoms with Crippen LogP contribution < -0.4 is 0 Å². The molecule has 0 bridgehead atoms. The Morgan fingerprint density at radius 3 is 0.538 bits per heavy atom. The number of unbranched alkanes of at least 4 members (excludes halogenated alkanes) is 2. The average Bonchev–Trinajstić information content (AvgIpc) is 3.07. The van der Waals surface area contributed by atoms with Crippen molar-refractivity contribution in [1.29, 1.82) is 0 Å². The van der Waals surface area contributed by atoms with Gasteiger partial charge in [0, 0.05) is 0 Å². The predicted octanol–water partition coefficient (Wildman–Crippen LogP) is 13.6. The summed E-state index contributed by atoms with van der Waals surface area (Å²) in [5, 5.41) is 0. The molecule has 0 heterocycles. The van der Waals surface area contributed by atoms with E-state index in [1.54, 1.807) is 0 Å². The zero-order chi connectivity index (χ0) is 53.4. The molecule has 0 fully saturated rings. The van der Waals surface area contributed by atoms with E-state index in [-0.39, 0.29) is 0 Å². The van der Waals surface area contributed by atoms with Crippen molar-refractivity contribution in [3.63, 3.8) is 0 Å². The molecule has 0 aromatic heterocycles. The summed E-state index contributed by atoms with van der Waals surface area (Å²) in [6.45, 7) is -6.37. The second-order valence-electron chi connectivity index (χ2n) is 12.6. The molecular weight excluding hydrogens is 1260 g/mol. The van der Waals surface area contributed by atoms with Crippen LogP contribution >= 0.6 is 0 Å². The minimum atomic E-state index is -13.9. The summed E-state index contributed by atoms with van der Waals surface area (Å²) < 4.78 is 486.